The summed E-state index contributed by atoms with van der Waals surface area (Å²) in [6, 6.07) is 3.70. The molecular weight excluding hydrogens is 327 g/mol. The van der Waals surface area contributed by atoms with Crippen LogP contribution in [0.2, 0.25) is 0 Å². The minimum atomic E-state index is -3.43. The zero-order valence-electron chi connectivity index (χ0n) is 9.97. The number of hydrogen-bond acceptors (Lipinski definition) is 2. The summed E-state index contributed by atoms with van der Waals surface area (Å²) >= 11 is 3.10. The number of ether oxygens (including phenoxy) is 1. The van der Waals surface area contributed by atoms with Crippen molar-refractivity contribution in [2.45, 2.75) is 18.4 Å². The Kier molecular flexibility index (Phi) is 3.61. The Morgan fingerprint density at radius 2 is 2.11 bits per heavy atom. The van der Waals surface area contributed by atoms with Gasteiger partial charge in [-0.15, -0.1) is 0 Å². The molecule has 1 fully saturated rings. The maximum atomic E-state index is 14.2. The standard InChI is InChI=1S/C12H11BrF3NO2/c1-11(8-4-7(13)2-3-9(8)14)12(15,16)6-19-5-10(18)17-11/h2-4H,5-6H2,1H3,(H,17,18)/t11-/m1/s1. The highest BCUT2D eigenvalue weighted by Gasteiger charge is 2.55. The van der Waals surface area contributed by atoms with E-state index in [9.17, 15) is 18.0 Å². The quantitative estimate of drug-likeness (QED) is 0.855. The van der Waals surface area contributed by atoms with Gasteiger partial charge in [0.15, 0.2) is 0 Å². The Labute approximate surface area is 116 Å². The van der Waals surface area contributed by atoms with Crippen molar-refractivity contribution < 1.29 is 22.7 Å². The van der Waals surface area contributed by atoms with Crippen molar-refractivity contribution >= 4 is 21.8 Å². The molecule has 0 radical (unpaired) electrons. The molecule has 3 nitrogen and oxygen atoms in total. The molecule has 1 N–H and O–H groups in total. The van der Waals surface area contributed by atoms with Gasteiger partial charge in [0.05, 0.1) is 0 Å². The molecule has 1 atom stereocenters. The van der Waals surface area contributed by atoms with Gasteiger partial charge in [-0.05, 0) is 25.1 Å². The molecule has 0 saturated carbocycles. The van der Waals surface area contributed by atoms with E-state index >= 15 is 0 Å². The summed E-state index contributed by atoms with van der Waals surface area (Å²) in [5.74, 6) is -4.95. The van der Waals surface area contributed by atoms with E-state index in [0.717, 1.165) is 13.0 Å². The fourth-order valence-corrected chi connectivity index (χ4v) is 2.33. The molecule has 19 heavy (non-hydrogen) atoms. The number of hydrogen-bond donors (Lipinski definition) is 1. The summed E-state index contributed by atoms with van der Waals surface area (Å²) in [4.78, 5) is 11.5. The molecule has 1 heterocycles. The number of halogens is 4. The van der Waals surface area contributed by atoms with Crippen LogP contribution in [-0.2, 0) is 15.1 Å². The highest BCUT2D eigenvalue weighted by molar-refractivity contribution is 9.10. The number of carbonyl (C=O) groups excluding carboxylic acids is 1. The van der Waals surface area contributed by atoms with Gasteiger partial charge >= 0.3 is 0 Å². The van der Waals surface area contributed by atoms with Crippen LogP contribution in [0.5, 0.6) is 0 Å². The molecule has 1 aliphatic heterocycles. The normalized spacial score (nSPS) is 26.7. The van der Waals surface area contributed by atoms with Crippen molar-refractivity contribution in [2.24, 2.45) is 0 Å². The highest BCUT2D eigenvalue weighted by Crippen LogP contribution is 2.40. The van der Waals surface area contributed by atoms with E-state index in [4.69, 9.17) is 0 Å². The topological polar surface area (TPSA) is 38.3 Å². The molecule has 0 bridgehead atoms. The zero-order valence-corrected chi connectivity index (χ0v) is 11.6. The monoisotopic (exact) mass is 337 g/mol. The van der Waals surface area contributed by atoms with Crippen molar-refractivity contribution in [1.82, 2.24) is 5.32 Å². The summed E-state index contributed by atoms with van der Waals surface area (Å²) in [6.45, 7) is -0.334. The molecule has 7 heteroatoms. The third-order valence-electron chi connectivity index (χ3n) is 3.10. The SMILES string of the molecule is C[C@]1(c2cc(Br)ccc2F)NC(=O)COCC1(F)F. The predicted molar refractivity (Wildman–Crippen MR) is 65.4 cm³/mol. The molecule has 104 valence electrons. The molecule has 0 aromatic heterocycles. The van der Waals surface area contributed by atoms with Gasteiger partial charge < -0.3 is 10.1 Å². The van der Waals surface area contributed by atoms with Crippen LogP contribution in [0.4, 0.5) is 13.2 Å². The van der Waals surface area contributed by atoms with E-state index in [2.05, 4.69) is 26.0 Å². The number of amides is 1. The van der Waals surface area contributed by atoms with Crippen LogP contribution >= 0.6 is 15.9 Å². The fraction of sp³-hybridized carbons (Fsp3) is 0.417. The van der Waals surface area contributed by atoms with Crippen molar-refractivity contribution in [1.29, 1.82) is 0 Å². The number of rotatable bonds is 1. The summed E-state index contributed by atoms with van der Waals surface area (Å²) in [6.07, 6.45) is 0. The van der Waals surface area contributed by atoms with E-state index in [1.54, 1.807) is 0 Å². The second-order valence-corrected chi connectivity index (χ2v) is 5.41. The molecule has 2 rings (SSSR count). The Hall–Kier alpha value is -1.08. The molecule has 1 aromatic rings. The van der Waals surface area contributed by atoms with E-state index in [0.29, 0.717) is 4.47 Å². The molecular formula is C12H11BrF3NO2. The maximum Gasteiger partial charge on any atom is 0.297 e. The second kappa shape index (κ2) is 4.79. The third-order valence-corrected chi connectivity index (χ3v) is 3.60. The first-order chi connectivity index (χ1) is 8.76. The van der Waals surface area contributed by atoms with Gasteiger partial charge in [-0.25, -0.2) is 13.2 Å². The molecule has 0 aliphatic carbocycles. The maximum absolute atomic E-state index is 14.2. The Morgan fingerprint density at radius 3 is 2.79 bits per heavy atom. The molecule has 1 saturated heterocycles. The van der Waals surface area contributed by atoms with Crippen molar-refractivity contribution in [3.63, 3.8) is 0 Å². The Morgan fingerprint density at radius 1 is 1.42 bits per heavy atom. The lowest BCUT2D eigenvalue weighted by molar-refractivity contribution is -0.127. The number of carbonyl (C=O) groups is 1. The summed E-state index contributed by atoms with van der Waals surface area (Å²) in [5, 5.41) is 2.16. The van der Waals surface area contributed by atoms with Crippen LogP contribution in [-0.4, -0.2) is 25.0 Å². The lowest BCUT2D eigenvalue weighted by Crippen LogP contribution is -2.56. The molecule has 0 unspecified atom stereocenters. The lowest BCUT2D eigenvalue weighted by Gasteiger charge is -2.36. The highest BCUT2D eigenvalue weighted by atomic mass is 79.9. The Balaban J connectivity index is 2.59. The Bertz CT molecular complexity index is 524. The number of benzene rings is 1. The van der Waals surface area contributed by atoms with E-state index < -0.39 is 36.4 Å². The van der Waals surface area contributed by atoms with E-state index in [-0.39, 0.29) is 5.56 Å². The molecule has 1 aliphatic rings. The van der Waals surface area contributed by atoms with Gasteiger partial charge in [-0.3, -0.25) is 4.79 Å². The van der Waals surface area contributed by atoms with Gasteiger partial charge in [0.1, 0.15) is 24.6 Å². The van der Waals surface area contributed by atoms with Crippen molar-refractivity contribution in [3.05, 3.63) is 34.1 Å². The van der Waals surface area contributed by atoms with Crippen LogP contribution in [0.3, 0.4) is 0 Å². The van der Waals surface area contributed by atoms with Crippen LogP contribution in [0.1, 0.15) is 12.5 Å². The summed E-state index contributed by atoms with van der Waals surface area (Å²) in [7, 11) is 0. The van der Waals surface area contributed by atoms with Crippen LogP contribution in [0.25, 0.3) is 0 Å². The number of alkyl halides is 2. The lowest BCUT2D eigenvalue weighted by atomic mass is 9.85. The first-order valence-electron chi connectivity index (χ1n) is 5.48. The second-order valence-electron chi connectivity index (χ2n) is 4.49. The third kappa shape index (κ3) is 2.49. The number of nitrogens with one attached hydrogen (secondary N) is 1. The summed E-state index contributed by atoms with van der Waals surface area (Å²) < 4.78 is 47.2. The predicted octanol–water partition coefficient (Wildman–Crippen LogP) is 2.59. The van der Waals surface area contributed by atoms with E-state index in [1.807, 2.05) is 0 Å². The van der Waals surface area contributed by atoms with Crippen LogP contribution in [0, 0.1) is 5.82 Å². The van der Waals surface area contributed by atoms with Gasteiger partial charge in [-0.2, -0.15) is 0 Å². The average molecular weight is 338 g/mol. The molecule has 1 amide bonds. The van der Waals surface area contributed by atoms with Crippen LogP contribution < -0.4 is 5.32 Å². The molecule has 0 spiro atoms. The molecule has 1 aromatic carbocycles. The van der Waals surface area contributed by atoms with E-state index in [1.165, 1.54) is 12.1 Å². The van der Waals surface area contributed by atoms with Crippen molar-refractivity contribution in [2.75, 3.05) is 13.2 Å². The zero-order chi connectivity index (χ0) is 14.3. The van der Waals surface area contributed by atoms with Crippen LogP contribution in [0.15, 0.2) is 22.7 Å². The van der Waals surface area contributed by atoms with Crippen molar-refractivity contribution in [3.8, 4) is 0 Å². The smallest absolute Gasteiger partial charge is 0.297 e. The largest absolute Gasteiger partial charge is 0.365 e. The first-order valence-corrected chi connectivity index (χ1v) is 6.28. The van der Waals surface area contributed by atoms with Gasteiger partial charge in [-0.1, -0.05) is 15.9 Å². The van der Waals surface area contributed by atoms with Gasteiger partial charge in [0, 0.05) is 10.0 Å². The first kappa shape index (κ1) is 14.3. The van der Waals surface area contributed by atoms with Gasteiger partial charge in [0.2, 0.25) is 5.91 Å². The minimum Gasteiger partial charge on any atom is -0.365 e. The summed E-state index contributed by atoms with van der Waals surface area (Å²) in [5.41, 5.74) is -2.44. The average Bonchev–Trinajstić information content (AvgIpc) is 2.40. The van der Waals surface area contributed by atoms with Gasteiger partial charge in [0.25, 0.3) is 5.92 Å². The fourth-order valence-electron chi connectivity index (χ4n) is 1.97. The minimum absolute atomic E-state index is 0.286.